The number of hydrogen-bond donors (Lipinski definition) is 6. The van der Waals surface area contributed by atoms with E-state index >= 15 is 0 Å². The molecule has 0 amide bonds. The fourth-order valence-electron chi connectivity index (χ4n) is 1.48. The van der Waals surface area contributed by atoms with Crippen LogP contribution in [-0.4, -0.2) is 56.1 Å². The number of aliphatic hydroxyl groups excluding tert-OH is 3. The maximum atomic E-state index is 11.7. The number of nitrogen functional groups attached to an aromatic ring is 1. The largest absolute Gasteiger partial charge is 0.397 e. The molecular weight excluding hydrogens is 286 g/mol. The highest BCUT2D eigenvalue weighted by atomic mass is 32.2. The van der Waals surface area contributed by atoms with E-state index in [4.69, 9.17) is 5.73 Å². The van der Waals surface area contributed by atoms with Gasteiger partial charge < -0.3 is 26.4 Å². The van der Waals surface area contributed by atoms with Crippen molar-refractivity contribution in [1.29, 1.82) is 0 Å². The summed E-state index contributed by atoms with van der Waals surface area (Å²) in [6.45, 7) is -1.66. The first kappa shape index (κ1) is 16.7. The van der Waals surface area contributed by atoms with E-state index in [1.807, 2.05) is 0 Å². The van der Waals surface area contributed by atoms with Crippen LogP contribution in [0.25, 0.3) is 0 Å². The van der Waals surface area contributed by atoms with Gasteiger partial charge in [0.1, 0.15) is 5.54 Å². The van der Waals surface area contributed by atoms with Crippen LogP contribution >= 0.6 is 0 Å². The van der Waals surface area contributed by atoms with Crippen LogP contribution in [0.2, 0.25) is 0 Å². The summed E-state index contributed by atoms with van der Waals surface area (Å²) in [7, 11) is -2.37. The summed E-state index contributed by atoms with van der Waals surface area (Å²) in [5, 5.41) is 30.4. The Balaban J connectivity index is 3.22. The monoisotopic (exact) mass is 305 g/mol. The van der Waals surface area contributed by atoms with Crippen molar-refractivity contribution >= 4 is 21.4 Å². The second-order valence-corrected chi connectivity index (χ2v) is 6.22. The minimum absolute atomic E-state index is 0.0283. The molecule has 0 saturated carbocycles. The van der Waals surface area contributed by atoms with Gasteiger partial charge in [0, 0.05) is 0 Å². The van der Waals surface area contributed by atoms with E-state index in [-0.39, 0.29) is 16.3 Å². The number of sulfonamides is 1. The lowest BCUT2D eigenvalue weighted by Crippen LogP contribution is -2.49. The molecule has 9 heteroatoms. The fourth-order valence-corrected chi connectivity index (χ4v) is 2.24. The molecule has 0 aliphatic carbocycles. The molecule has 0 bridgehead atoms. The van der Waals surface area contributed by atoms with Gasteiger partial charge in [-0.15, -0.1) is 0 Å². The van der Waals surface area contributed by atoms with Gasteiger partial charge in [0.25, 0.3) is 0 Å². The van der Waals surface area contributed by atoms with Crippen molar-refractivity contribution in [3.63, 3.8) is 0 Å². The molecule has 0 spiro atoms. The molecule has 114 valence electrons. The van der Waals surface area contributed by atoms with Crippen molar-refractivity contribution in [2.75, 3.05) is 37.9 Å². The molecule has 1 aromatic carbocycles. The molecule has 0 aliphatic rings. The summed E-state index contributed by atoms with van der Waals surface area (Å²) in [6.07, 6.45) is 0. The standard InChI is InChI=1S/C11H19N3O5S/c1-13-20(18,19)8-2-3-9(12)10(4-8)14-11(5-15,6-16)7-17/h2-4,13-17H,5-7,12H2,1H3. The lowest BCUT2D eigenvalue weighted by atomic mass is 10.0. The summed E-state index contributed by atoms with van der Waals surface area (Å²) in [6, 6.07) is 3.96. The average Bonchev–Trinajstić information content (AvgIpc) is 2.46. The van der Waals surface area contributed by atoms with E-state index in [2.05, 4.69) is 10.0 Å². The Hall–Kier alpha value is -1.39. The van der Waals surface area contributed by atoms with E-state index in [1.165, 1.54) is 25.2 Å². The van der Waals surface area contributed by atoms with Crippen LogP contribution in [0.4, 0.5) is 11.4 Å². The lowest BCUT2D eigenvalue weighted by Gasteiger charge is -2.30. The number of nitrogens with two attached hydrogens (primary N) is 1. The van der Waals surface area contributed by atoms with Crippen molar-refractivity contribution in [3.05, 3.63) is 18.2 Å². The third-order valence-electron chi connectivity index (χ3n) is 2.91. The molecule has 20 heavy (non-hydrogen) atoms. The molecule has 0 radical (unpaired) electrons. The maximum absolute atomic E-state index is 11.7. The number of benzene rings is 1. The molecule has 0 aliphatic heterocycles. The highest BCUT2D eigenvalue weighted by Gasteiger charge is 2.28. The van der Waals surface area contributed by atoms with Crippen LogP contribution in [0, 0.1) is 0 Å². The summed E-state index contributed by atoms with van der Waals surface area (Å²) < 4.78 is 25.6. The number of hydrogen-bond acceptors (Lipinski definition) is 7. The van der Waals surface area contributed by atoms with Gasteiger partial charge in [-0.25, -0.2) is 13.1 Å². The Labute approximate surface area is 117 Å². The van der Waals surface area contributed by atoms with Gasteiger partial charge >= 0.3 is 0 Å². The van der Waals surface area contributed by atoms with Crippen molar-refractivity contribution in [3.8, 4) is 0 Å². The van der Waals surface area contributed by atoms with E-state index in [0.29, 0.717) is 0 Å². The van der Waals surface area contributed by atoms with Crippen LogP contribution in [0.5, 0.6) is 0 Å². The highest BCUT2D eigenvalue weighted by molar-refractivity contribution is 7.89. The quantitative estimate of drug-likeness (QED) is 0.329. The second kappa shape index (κ2) is 6.37. The Morgan fingerprint density at radius 1 is 1.20 bits per heavy atom. The Morgan fingerprint density at radius 2 is 1.75 bits per heavy atom. The molecule has 0 aromatic heterocycles. The van der Waals surface area contributed by atoms with Gasteiger partial charge in [-0.2, -0.15) is 0 Å². The zero-order valence-electron chi connectivity index (χ0n) is 11.0. The van der Waals surface area contributed by atoms with Crippen LogP contribution in [0.1, 0.15) is 0 Å². The first-order valence-corrected chi connectivity index (χ1v) is 7.26. The summed E-state index contributed by atoms with van der Waals surface area (Å²) in [5.74, 6) is 0. The third-order valence-corrected chi connectivity index (χ3v) is 4.32. The predicted molar refractivity (Wildman–Crippen MR) is 74.7 cm³/mol. The summed E-state index contributed by atoms with van der Waals surface area (Å²) in [5.41, 5.74) is 4.75. The van der Waals surface area contributed by atoms with Crippen molar-refractivity contribution in [2.24, 2.45) is 0 Å². The van der Waals surface area contributed by atoms with Crippen LogP contribution in [0.3, 0.4) is 0 Å². The van der Waals surface area contributed by atoms with Crippen LogP contribution in [0.15, 0.2) is 23.1 Å². The SMILES string of the molecule is CNS(=O)(=O)c1ccc(N)c(NC(CO)(CO)CO)c1. The lowest BCUT2D eigenvalue weighted by molar-refractivity contribution is 0.0834. The Kier molecular flexibility index (Phi) is 5.31. The normalized spacial score (nSPS) is 12.4. The maximum Gasteiger partial charge on any atom is 0.240 e. The van der Waals surface area contributed by atoms with E-state index in [0.717, 1.165) is 0 Å². The van der Waals surface area contributed by atoms with Crippen LogP contribution in [-0.2, 0) is 10.0 Å². The number of anilines is 2. The predicted octanol–water partition coefficient (Wildman–Crippen LogP) is -1.70. The molecule has 0 saturated heterocycles. The smallest absolute Gasteiger partial charge is 0.240 e. The molecule has 0 heterocycles. The first-order chi connectivity index (χ1) is 9.34. The molecule has 0 atom stereocenters. The topological polar surface area (TPSA) is 145 Å². The van der Waals surface area contributed by atoms with Gasteiger partial charge in [-0.1, -0.05) is 0 Å². The Bertz CT molecular complexity index is 549. The molecule has 7 N–H and O–H groups in total. The molecule has 0 unspecified atom stereocenters. The first-order valence-electron chi connectivity index (χ1n) is 5.78. The van der Waals surface area contributed by atoms with Gasteiger partial charge in [0.05, 0.1) is 36.1 Å². The molecule has 1 rings (SSSR count). The minimum Gasteiger partial charge on any atom is -0.397 e. The van der Waals surface area contributed by atoms with Crippen LogP contribution < -0.4 is 15.8 Å². The zero-order chi connectivity index (χ0) is 15.4. The third kappa shape index (κ3) is 3.38. The Morgan fingerprint density at radius 3 is 2.20 bits per heavy atom. The molecule has 0 fully saturated rings. The van der Waals surface area contributed by atoms with E-state index in [1.54, 1.807) is 0 Å². The van der Waals surface area contributed by atoms with Gasteiger partial charge in [-0.05, 0) is 25.2 Å². The number of nitrogens with one attached hydrogen (secondary N) is 2. The van der Waals surface area contributed by atoms with Crippen molar-refractivity contribution in [1.82, 2.24) is 4.72 Å². The highest BCUT2D eigenvalue weighted by Crippen LogP contribution is 2.25. The summed E-state index contributed by atoms with van der Waals surface area (Å²) >= 11 is 0. The number of rotatable bonds is 7. The number of aliphatic hydroxyl groups is 3. The van der Waals surface area contributed by atoms with E-state index in [9.17, 15) is 23.7 Å². The summed E-state index contributed by atoms with van der Waals surface area (Å²) in [4.78, 5) is -0.0283. The van der Waals surface area contributed by atoms with Crippen molar-refractivity contribution in [2.45, 2.75) is 10.4 Å². The molecule has 1 aromatic rings. The van der Waals surface area contributed by atoms with Gasteiger partial charge in [0.2, 0.25) is 10.0 Å². The molecule has 8 nitrogen and oxygen atoms in total. The minimum atomic E-state index is -3.65. The zero-order valence-corrected chi connectivity index (χ0v) is 11.8. The molecular formula is C11H19N3O5S. The van der Waals surface area contributed by atoms with Crippen molar-refractivity contribution < 1.29 is 23.7 Å². The van der Waals surface area contributed by atoms with E-state index < -0.39 is 35.4 Å². The average molecular weight is 305 g/mol. The van der Waals surface area contributed by atoms with Gasteiger partial charge in [-0.3, -0.25) is 0 Å². The van der Waals surface area contributed by atoms with Gasteiger partial charge in [0.15, 0.2) is 0 Å². The second-order valence-electron chi connectivity index (χ2n) is 4.34. The fraction of sp³-hybridized carbons (Fsp3) is 0.455.